The first-order valence-corrected chi connectivity index (χ1v) is 14.2. The van der Waals surface area contributed by atoms with Gasteiger partial charge in [0.1, 0.15) is 6.10 Å². The van der Waals surface area contributed by atoms with Gasteiger partial charge < -0.3 is 14.2 Å². The Hall–Kier alpha value is -1.80. The van der Waals surface area contributed by atoms with E-state index in [9.17, 15) is 9.59 Å². The quantitative estimate of drug-likeness (QED) is 0.155. The highest BCUT2D eigenvalue weighted by molar-refractivity contribution is 5.81. The highest BCUT2D eigenvalue weighted by atomic mass is 16.5. The van der Waals surface area contributed by atoms with Crippen LogP contribution in [0.1, 0.15) is 103 Å². The Balaban J connectivity index is 1.25. The molecule has 3 rings (SSSR count). The van der Waals surface area contributed by atoms with Crippen molar-refractivity contribution in [1.82, 2.24) is 0 Å². The molecular weight excluding hydrogens is 440 g/mol. The molecule has 0 N–H and O–H groups in total. The van der Waals surface area contributed by atoms with Gasteiger partial charge >= 0.3 is 11.9 Å². The van der Waals surface area contributed by atoms with Crippen LogP contribution in [0.2, 0.25) is 0 Å². The first-order valence-electron chi connectivity index (χ1n) is 14.2. The average molecular weight is 487 g/mol. The summed E-state index contributed by atoms with van der Waals surface area (Å²) in [6.45, 7) is 6.58. The predicted molar refractivity (Wildman–Crippen MR) is 137 cm³/mol. The summed E-state index contributed by atoms with van der Waals surface area (Å²) in [6, 6.07) is 0. The third kappa shape index (κ3) is 10.00. The minimum atomic E-state index is -0.398. The lowest BCUT2D eigenvalue weighted by Gasteiger charge is -2.30. The molecule has 5 nitrogen and oxygen atoms in total. The number of carbonyl (C=O) groups excluding carboxylic acids is 2. The molecule has 0 spiro atoms. The molecule has 3 fully saturated rings. The molecule has 3 aliphatic rings. The molecule has 0 amide bonds. The lowest BCUT2D eigenvalue weighted by Crippen LogP contribution is -2.31. The van der Waals surface area contributed by atoms with Gasteiger partial charge in [-0.2, -0.15) is 0 Å². The molecule has 0 aliphatic heterocycles. The molecule has 0 aromatic rings. The van der Waals surface area contributed by atoms with Gasteiger partial charge in [-0.3, -0.25) is 4.79 Å². The number of esters is 2. The van der Waals surface area contributed by atoms with E-state index >= 15 is 0 Å². The fraction of sp³-hybridized carbons (Fsp3) is 0.800. The average Bonchev–Trinajstić information content (AvgIpc) is 2.89. The number of carbonyl (C=O) groups is 2. The number of ether oxygens (including phenoxy) is 3. The minimum absolute atomic E-state index is 0.00347. The van der Waals surface area contributed by atoms with Gasteiger partial charge in [0.25, 0.3) is 0 Å². The second-order valence-corrected chi connectivity index (χ2v) is 10.8. The topological polar surface area (TPSA) is 61.8 Å². The fourth-order valence-electron chi connectivity index (χ4n) is 5.83. The second kappa shape index (κ2) is 15.3. The van der Waals surface area contributed by atoms with Crippen LogP contribution in [0.5, 0.6) is 0 Å². The van der Waals surface area contributed by atoms with Crippen LogP contribution in [0.3, 0.4) is 0 Å². The van der Waals surface area contributed by atoms with Crippen LogP contribution >= 0.6 is 0 Å². The normalized spacial score (nSPS) is 31.0. The third-order valence-corrected chi connectivity index (χ3v) is 8.05. The largest absolute Gasteiger partial charge is 0.462 e. The van der Waals surface area contributed by atoms with E-state index in [4.69, 9.17) is 14.2 Å². The zero-order valence-electron chi connectivity index (χ0n) is 21.8. The Kier molecular flexibility index (Phi) is 12.2. The summed E-state index contributed by atoms with van der Waals surface area (Å²) in [7, 11) is 0. The number of hydrogen-bond acceptors (Lipinski definition) is 5. The Bertz CT molecular complexity index is 711. The molecule has 5 heteroatoms. The Morgan fingerprint density at radius 2 is 1.43 bits per heavy atom. The van der Waals surface area contributed by atoms with Crippen LogP contribution < -0.4 is 0 Å². The summed E-state index contributed by atoms with van der Waals surface area (Å²) in [5.41, 5.74) is 0. The van der Waals surface area contributed by atoms with Gasteiger partial charge in [0.05, 0.1) is 25.2 Å². The molecule has 0 saturated heterocycles. The molecule has 3 aliphatic carbocycles. The molecule has 0 bridgehead atoms. The summed E-state index contributed by atoms with van der Waals surface area (Å²) in [4.78, 5) is 23.7. The Morgan fingerprint density at radius 1 is 0.829 bits per heavy atom. The summed E-state index contributed by atoms with van der Waals surface area (Å²) < 4.78 is 16.7. The van der Waals surface area contributed by atoms with E-state index in [-0.39, 0.29) is 24.1 Å². The molecule has 0 heterocycles. The summed E-state index contributed by atoms with van der Waals surface area (Å²) in [6.07, 6.45) is 17.5. The zero-order valence-corrected chi connectivity index (χ0v) is 21.8. The maximum Gasteiger partial charge on any atom is 0.330 e. The predicted octanol–water partition coefficient (Wildman–Crippen LogP) is 6.39. The molecular formula is C30H46O5. The van der Waals surface area contributed by atoms with Crippen LogP contribution in [0.25, 0.3) is 0 Å². The molecule has 35 heavy (non-hydrogen) atoms. The summed E-state index contributed by atoms with van der Waals surface area (Å²) in [5.74, 6) is 8.79. The third-order valence-electron chi connectivity index (χ3n) is 8.05. The molecule has 0 aromatic heterocycles. The van der Waals surface area contributed by atoms with Crippen LogP contribution in [-0.2, 0) is 23.8 Å². The van der Waals surface area contributed by atoms with Gasteiger partial charge in [0.15, 0.2) is 0 Å². The van der Waals surface area contributed by atoms with E-state index in [1.165, 1.54) is 44.6 Å². The van der Waals surface area contributed by atoms with Gasteiger partial charge in [-0.05, 0) is 83.0 Å². The highest BCUT2D eigenvalue weighted by Crippen LogP contribution is 2.33. The first-order chi connectivity index (χ1) is 17.1. The smallest absolute Gasteiger partial charge is 0.330 e. The molecule has 0 atom stereocenters. The fourth-order valence-corrected chi connectivity index (χ4v) is 5.83. The maximum absolute atomic E-state index is 12.7. The van der Waals surface area contributed by atoms with Crippen molar-refractivity contribution >= 4 is 11.9 Å². The van der Waals surface area contributed by atoms with Crippen molar-refractivity contribution in [3.63, 3.8) is 0 Å². The van der Waals surface area contributed by atoms with Crippen molar-refractivity contribution < 1.29 is 23.8 Å². The van der Waals surface area contributed by atoms with Crippen LogP contribution in [0.4, 0.5) is 0 Å². The summed E-state index contributed by atoms with van der Waals surface area (Å²) >= 11 is 0. The lowest BCUT2D eigenvalue weighted by molar-refractivity contribution is -0.158. The molecule has 0 unspecified atom stereocenters. The van der Waals surface area contributed by atoms with E-state index in [1.807, 2.05) is 0 Å². The second-order valence-electron chi connectivity index (χ2n) is 10.8. The van der Waals surface area contributed by atoms with Crippen molar-refractivity contribution in [2.75, 3.05) is 13.2 Å². The molecule has 3 saturated carbocycles. The van der Waals surface area contributed by atoms with Crippen LogP contribution in [0.15, 0.2) is 12.7 Å². The number of rotatable bonds is 10. The monoisotopic (exact) mass is 486 g/mol. The maximum atomic E-state index is 12.7. The highest BCUT2D eigenvalue weighted by Gasteiger charge is 2.31. The minimum Gasteiger partial charge on any atom is -0.462 e. The van der Waals surface area contributed by atoms with Gasteiger partial charge in [-0.25, -0.2) is 4.79 Å². The Morgan fingerprint density at radius 3 is 2.03 bits per heavy atom. The van der Waals surface area contributed by atoms with Crippen LogP contribution in [0, 0.1) is 35.5 Å². The van der Waals surface area contributed by atoms with Crippen molar-refractivity contribution in [3.05, 3.63) is 12.7 Å². The lowest BCUT2D eigenvalue weighted by atomic mass is 9.80. The van der Waals surface area contributed by atoms with Gasteiger partial charge in [0, 0.05) is 24.3 Å². The van der Waals surface area contributed by atoms with Crippen molar-refractivity contribution in [1.29, 1.82) is 0 Å². The molecule has 196 valence electrons. The zero-order chi connectivity index (χ0) is 24.9. The van der Waals surface area contributed by atoms with Crippen LogP contribution in [-0.4, -0.2) is 37.4 Å². The van der Waals surface area contributed by atoms with Gasteiger partial charge in [-0.1, -0.05) is 38.2 Å². The first kappa shape index (κ1) is 27.8. The van der Waals surface area contributed by atoms with Gasteiger partial charge in [-0.15, -0.1) is 0 Å². The van der Waals surface area contributed by atoms with E-state index < -0.39 is 5.97 Å². The summed E-state index contributed by atoms with van der Waals surface area (Å²) in [5, 5.41) is 0. The van der Waals surface area contributed by atoms with Gasteiger partial charge in [0.2, 0.25) is 0 Å². The molecule has 0 aromatic carbocycles. The van der Waals surface area contributed by atoms with Crippen molar-refractivity contribution in [2.45, 2.75) is 115 Å². The van der Waals surface area contributed by atoms with E-state index in [1.54, 1.807) is 0 Å². The van der Waals surface area contributed by atoms with E-state index in [0.717, 1.165) is 57.3 Å². The van der Waals surface area contributed by atoms with Crippen molar-refractivity contribution in [3.8, 4) is 11.8 Å². The Labute approximate surface area is 212 Å². The van der Waals surface area contributed by atoms with Crippen molar-refractivity contribution in [2.24, 2.45) is 23.7 Å². The van der Waals surface area contributed by atoms with E-state index in [2.05, 4.69) is 25.3 Å². The number of hydrogen-bond donors (Lipinski definition) is 0. The van der Waals surface area contributed by atoms with E-state index in [0.29, 0.717) is 31.5 Å². The molecule has 0 radical (unpaired) electrons. The SMILES string of the molecule is C=CC(=O)OCCCOC1CCC(C(=O)OC2CCC(C#CC3CCC(CCC)CC3)CC2)CC1. The standard InChI is InChI=1S/C30H46O5/c1-3-6-23-7-9-24(10-8-23)11-12-25-13-17-28(18-14-25)35-30(32)26-15-19-27(20-16-26)33-21-5-22-34-29(31)4-2/h4,23-28H,2-3,5-10,13-22H2,1H3.